The lowest BCUT2D eigenvalue weighted by Gasteiger charge is -2.26. The van der Waals surface area contributed by atoms with Crippen LogP contribution < -0.4 is 10.2 Å². The summed E-state index contributed by atoms with van der Waals surface area (Å²) < 4.78 is 13.7. The summed E-state index contributed by atoms with van der Waals surface area (Å²) in [4.78, 5) is 13.6. The summed E-state index contributed by atoms with van der Waals surface area (Å²) in [6.45, 7) is 8.40. The van der Waals surface area contributed by atoms with E-state index >= 15 is 0 Å². The molecule has 0 bridgehead atoms. The van der Waals surface area contributed by atoms with Gasteiger partial charge in [-0.05, 0) is 45.4 Å². The van der Waals surface area contributed by atoms with Gasteiger partial charge in [0.1, 0.15) is 5.82 Å². The lowest BCUT2D eigenvalue weighted by molar-refractivity contribution is -0.119. The van der Waals surface area contributed by atoms with E-state index in [1.54, 1.807) is 19.9 Å². The minimum atomic E-state index is -0.789. The Kier molecular flexibility index (Phi) is 5.95. The van der Waals surface area contributed by atoms with Gasteiger partial charge in [-0.25, -0.2) is 4.39 Å². The highest BCUT2D eigenvalue weighted by atomic mass is 19.1. The van der Waals surface area contributed by atoms with Crippen LogP contribution in [-0.2, 0) is 4.79 Å². The lowest BCUT2D eigenvalue weighted by atomic mass is 10.0. The second-order valence-corrected chi connectivity index (χ2v) is 4.80. The van der Waals surface area contributed by atoms with Crippen LogP contribution in [0.5, 0.6) is 0 Å². The second kappa shape index (κ2) is 7.24. The van der Waals surface area contributed by atoms with Gasteiger partial charge in [-0.2, -0.15) is 0 Å². The molecule has 0 fully saturated rings. The molecular weight excluding hydrogens is 259 g/mol. The molecule has 0 saturated heterocycles. The van der Waals surface area contributed by atoms with Crippen LogP contribution in [0.25, 0.3) is 0 Å². The lowest BCUT2D eigenvalue weighted by Crippen LogP contribution is -2.37. The number of halogens is 1. The van der Waals surface area contributed by atoms with E-state index in [9.17, 15) is 14.3 Å². The van der Waals surface area contributed by atoms with Crippen molar-refractivity contribution in [1.29, 1.82) is 0 Å². The van der Waals surface area contributed by atoms with Crippen molar-refractivity contribution in [3.05, 3.63) is 29.1 Å². The average molecular weight is 282 g/mol. The molecule has 0 unspecified atom stereocenters. The van der Waals surface area contributed by atoms with Crippen molar-refractivity contribution in [2.24, 2.45) is 0 Å². The molecule has 1 rings (SSSR count). The molecule has 2 N–H and O–H groups in total. The fourth-order valence-electron chi connectivity index (χ4n) is 2.08. The first-order valence-electron chi connectivity index (χ1n) is 6.90. The first-order valence-corrected chi connectivity index (χ1v) is 6.90. The van der Waals surface area contributed by atoms with Gasteiger partial charge in [0.2, 0.25) is 5.91 Å². The monoisotopic (exact) mass is 282 g/mol. The number of rotatable bonds is 6. The predicted octanol–water partition coefficient (Wildman–Crippen LogP) is 2.15. The standard InChI is InChI=1S/C15H23FN2O2/c1-5-17-15(20)9-18(6-2)14-7-10(3)13(16)8-12(14)11(4)19/h7-8,11,19H,5-6,9H2,1-4H3,(H,17,20)/t11-/m0/s1. The summed E-state index contributed by atoms with van der Waals surface area (Å²) in [6.07, 6.45) is -0.789. The zero-order valence-corrected chi connectivity index (χ0v) is 12.5. The van der Waals surface area contributed by atoms with Gasteiger partial charge in [0, 0.05) is 24.3 Å². The van der Waals surface area contributed by atoms with Crippen LogP contribution in [0.3, 0.4) is 0 Å². The van der Waals surface area contributed by atoms with Crippen LogP contribution in [-0.4, -0.2) is 30.6 Å². The summed E-state index contributed by atoms with van der Waals surface area (Å²) in [5.74, 6) is -0.438. The van der Waals surface area contributed by atoms with Crippen LogP contribution in [0, 0.1) is 12.7 Å². The zero-order valence-electron chi connectivity index (χ0n) is 12.5. The number of amides is 1. The van der Waals surface area contributed by atoms with Crippen LogP contribution >= 0.6 is 0 Å². The Morgan fingerprint density at radius 1 is 1.45 bits per heavy atom. The molecule has 1 aromatic rings. The van der Waals surface area contributed by atoms with Gasteiger partial charge in [0.25, 0.3) is 0 Å². The van der Waals surface area contributed by atoms with Crippen LogP contribution in [0.1, 0.15) is 38.0 Å². The number of benzene rings is 1. The number of hydrogen-bond donors (Lipinski definition) is 2. The Bertz CT molecular complexity index is 475. The van der Waals surface area contributed by atoms with Crippen LogP contribution in [0.15, 0.2) is 12.1 Å². The van der Waals surface area contributed by atoms with E-state index in [4.69, 9.17) is 0 Å². The molecular formula is C15H23FN2O2. The van der Waals surface area contributed by atoms with Crippen molar-refractivity contribution in [2.75, 3.05) is 24.5 Å². The summed E-state index contributed by atoms with van der Waals surface area (Å²) in [5, 5.41) is 12.5. The number of carbonyl (C=O) groups is 1. The van der Waals surface area contributed by atoms with Gasteiger partial charge in [-0.1, -0.05) is 0 Å². The maximum Gasteiger partial charge on any atom is 0.239 e. The Labute approximate surface area is 119 Å². The molecule has 0 radical (unpaired) electrons. The number of likely N-dealkylation sites (N-methyl/N-ethyl adjacent to an activating group) is 2. The smallest absolute Gasteiger partial charge is 0.239 e. The Morgan fingerprint density at radius 2 is 2.10 bits per heavy atom. The minimum absolute atomic E-state index is 0.0899. The molecule has 20 heavy (non-hydrogen) atoms. The van der Waals surface area contributed by atoms with Crippen molar-refractivity contribution >= 4 is 11.6 Å². The van der Waals surface area contributed by atoms with Crippen LogP contribution in [0.2, 0.25) is 0 Å². The predicted molar refractivity (Wildman–Crippen MR) is 78.3 cm³/mol. The highest BCUT2D eigenvalue weighted by molar-refractivity contribution is 5.81. The van der Waals surface area contributed by atoms with Gasteiger partial charge in [-0.3, -0.25) is 4.79 Å². The Morgan fingerprint density at radius 3 is 2.60 bits per heavy atom. The molecule has 1 atom stereocenters. The highest BCUT2D eigenvalue weighted by Gasteiger charge is 2.18. The number of aliphatic hydroxyl groups excluding tert-OH is 1. The number of anilines is 1. The second-order valence-electron chi connectivity index (χ2n) is 4.80. The quantitative estimate of drug-likeness (QED) is 0.840. The van der Waals surface area contributed by atoms with E-state index in [0.29, 0.717) is 29.9 Å². The number of carbonyl (C=O) groups excluding carboxylic acids is 1. The van der Waals surface area contributed by atoms with E-state index in [0.717, 1.165) is 0 Å². The third-order valence-corrected chi connectivity index (χ3v) is 3.19. The van der Waals surface area contributed by atoms with Gasteiger partial charge in [0.15, 0.2) is 0 Å². The number of aryl methyl sites for hydroxylation is 1. The van der Waals surface area contributed by atoms with E-state index < -0.39 is 6.10 Å². The molecule has 1 amide bonds. The molecule has 112 valence electrons. The molecule has 0 aliphatic heterocycles. The number of aliphatic hydroxyl groups is 1. The molecule has 0 aromatic heterocycles. The van der Waals surface area contributed by atoms with Gasteiger partial charge in [0.05, 0.1) is 12.6 Å². The molecule has 0 aliphatic carbocycles. The Balaban J connectivity index is 3.13. The van der Waals surface area contributed by atoms with Crippen molar-refractivity contribution in [1.82, 2.24) is 5.32 Å². The first-order chi connectivity index (χ1) is 9.40. The van der Waals surface area contributed by atoms with Gasteiger partial charge >= 0.3 is 0 Å². The first kappa shape index (κ1) is 16.4. The largest absolute Gasteiger partial charge is 0.389 e. The molecule has 0 saturated carbocycles. The van der Waals surface area contributed by atoms with E-state index in [-0.39, 0.29) is 18.3 Å². The maximum absolute atomic E-state index is 13.7. The summed E-state index contributed by atoms with van der Waals surface area (Å²) >= 11 is 0. The average Bonchev–Trinajstić information content (AvgIpc) is 2.39. The molecule has 4 nitrogen and oxygen atoms in total. The van der Waals surface area contributed by atoms with Crippen molar-refractivity contribution in [3.63, 3.8) is 0 Å². The zero-order chi connectivity index (χ0) is 15.3. The molecule has 0 aliphatic rings. The summed E-state index contributed by atoms with van der Waals surface area (Å²) in [7, 11) is 0. The maximum atomic E-state index is 13.7. The number of hydrogen-bond acceptors (Lipinski definition) is 3. The van der Waals surface area contributed by atoms with Crippen molar-refractivity contribution in [3.8, 4) is 0 Å². The number of nitrogens with zero attached hydrogens (tertiary/aromatic N) is 1. The summed E-state index contributed by atoms with van der Waals surface area (Å²) in [6, 6.07) is 3.02. The third-order valence-electron chi connectivity index (χ3n) is 3.19. The third kappa shape index (κ3) is 3.93. The fourth-order valence-corrected chi connectivity index (χ4v) is 2.08. The van der Waals surface area contributed by atoms with E-state index in [1.165, 1.54) is 6.07 Å². The molecule has 0 spiro atoms. The fraction of sp³-hybridized carbons (Fsp3) is 0.533. The molecule has 5 heteroatoms. The van der Waals surface area contributed by atoms with Crippen LogP contribution in [0.4, 0.5) is 10.1 Å². The van der Waals surface area contributed by atoms with E-state index in [1.807, 2.05) is 18.7 Å². The Hall–Kier alpha value is -1.62. The molecule has 0 heterocycles. The van der Waals surface area contributed by atoms with Crippen molar-refractivity contribution in [2.45, 2.75) is 33.8 Å². The summed E-state index contributed by atoms with van der Waals surface area (Å²) in [5.41, 5.74) is 1.70. The van der Waals surface area contributed by atoms with E-state index in [2.05, 4.69) is 5.32 Å². The molecule has 1 aromatic carbocycles. The minimum Gasteiger partial charge on any atom is -0.389 e. The van der Waals surface area contributed by atoms with Crippen molar-refractivity contribution < 1.29 is 14.3 Å². The van der Waals surface area contributed by atoms with Gasteiger partial charge < -0.3 is 15.3 Å². The SMILES string of the molecule is CCNC(=O)CN(CC)c1cc(C)c(F)cc1[C@H](C)O. The normalized spacial score (nSPS) is 12.1. The number of nitrogens with one attached hydrogen (secondary N) is 1. The topological polar surface area (TPSA) is 52.6 Å². The van der Waals surface area contributed by atoms with Gasteiger partial charge in [-0.15, -0.1) is 0 Å². The highest BCUT2D eigenvalue weighted by Crippen LogP contribution is 2.29.